The molecule has 0 amide bonds. The molecule has 27 heavy (non-hydrogen) atoms. The normalized spacial score (nSPS) is 33.1. The van der Waals surface area contributed by atoms with Gasteiger partial charge in [-0.05, 0) is 29.7 Å². The molecule has 6 heteroatoms. The second kappa shape index (κ2) is 7.54. The number of fused-ring (bicyclic) bond motifs is 1. The van der Waals surface area contributed by atoms with Gasteiger partial charge in [0.2, 0.25) is 0 Å². The van der Waals surface area contributed by atoms with Crippen LogP contribution in [0.3, 0.4) is 0 Å². The molecule has 2 aromatic rings. The van der Waals surface area contributed by atoms with E-state index in [0.717, 1.165) is 11.3 Å². The van der Waals surface area contributed by atoms with Gasteiger partial charge in [-0.15, -0.1) is 11.8 Å². The molecule has 2 heterocycles. The lowest BCUT2D eigenvalue weighted by atomic mass is 9.87. The zero-order valence-electron chi connectivity index (χ0n) is 15.0. The molecule has 1 fully saturated rings. The van der Waals surface area contributed by atoms with Crippen molar-refractivity contribution in [3.8, 4) is 0 Å². The van der Waals surface area contributed by atoms with Crippen LogP contribution in [0.15, 0.2) is 47.4 Å². The standard InChI is InChI=1S/C21H24O5S/c1-11-2-4-12(5-3-11)15-10-27-17-7-6-13(8-14(15)17)21-20(25)19(24)18(23)16(9-22)26-21/h2-8,15-16,18-25H,9-10H2,1H3. The summed E-state index contributed by atoms with van der Waals surface area (Å²) < 4.78 is 5.72. The average Bonchev–Trinajstić information content (AvgIpc) is 3.10. The molecule has 6 atom stereocenters. The molecule has 0 spiro atoms. The molecule has 2 aliphatic rings. The minimum absolute atomic E-state index is 0.260. The number of hydrogen-bond donors (Lipinski definition) is 4. The van der Waals surface area contributed by atoms with E-state index in [0.29, 0.717) is 0 Å². The van der Waals surface area contributed by atoms with Gasteiger partial charge in [-0.2, -0.15) is 0 Å². The topological polar surface area (TPSA) is 90.2 Å². The van der Waals surface area contributed by atoms with Crippen LogP contribution in [0, 0.1) is 6.92 Å². The summed E-state index contributed by atoms with van der Waals surface area (Å²) in [6.45, 7) is 1.65. The summed E-state index contributed by atoms with van der Waals surface area (Å²) >= 11 is 1.80. The fraction of sp³-hybridized carbons (Fsp3) is 0.429. The highest BCUT2D eigenvalue weighted by Gasteiger charge is 2.44. The van der Waals surface area contributed by atoms with Gasteiger partial charge in [0.15, 0.2) is 0 Å². The Balaban J connectivity index is 1.66. The van der Waals surface area contributed by atoms with E-state index in [2.05, 4.69) is 31.2 Å². The number of aliphatic hydroxyl groups excluding tert-OH is 4. The van der Waals surface area contributed by atoms with Crippen LogP contribution in [0.5, 0.6) is 0 Å². The number of aliphatic hydroxyl groups is 4. The molecule has 4 rings (SSSR count). The van der Waals surface area contributed by atoms with E-state index in [9.17, 15) is 20.4 Å². The number of benzene rings is 2. The van der Waals surface area contributed by atoms with Crippen molar-refractivity contribution in [1.82, 2.24) is 0 Å². The van der Waals surface area contributed by atoms with Crippen LogP contribution < -0.4 is 0 Å². The summed E-state index contributed by atoms with van der Waals surface area (Å²) in [5.74, 6) is 1.21. The fourth-order valence-corrected chi connectivity index (χ4v) is 5.11. The lowest BCUT2D eigenvalue weighted by molar-refractivity contribution is -0.231. The van der Waals surface area contributed by atoms with Gasteiger partial charge in [0.05, 0.1) is 6.61 Å². The Labute approximate surface area is 162 Å². The molecule has 4 N–H and O–H groups in total. The van der Waals surface area contributed by atoms with Gasteiger partial charge < -0.3 is 25.2 Å². The molecule has 5 nitrogen and oxygen atoms in total. The largest absolute Gasteiger partial charge is 0.394 e. The SMILES string of the molecule is Cc1ccc(C2CSc3ccc(C4OC(CO)C(O)C(O)C4O)cc32)cc1. The van der Waals surface area contributed by atoms with Crippen LogP contribution in [0.1, 0.15) is 34.3 Å². The van der Waals surface area contributed by atoms with Gasteiger partial charge in [-0.3, -0.25) is 0 Å². The Bertz CT molecular complexity index is 807. The van der Waals surface area contributed by atoms with Crippen LogP contribution in [-0.4, -0.2) is 57.2 Å². The molecule has 2 aliphatic heterocycles. The van der Waals surface area contributed by atoms with Crippen molar-refractivity contribution >= 4 is 11.8 Å². The molecule has 0 saturated carbocycles. The summed E-state index contributed by atoms with van der Waals surface area (Å²) in [5.41, 5.74) is 4.39. The zero-order valence-corrected chi connectivity index (χ0v) is 15.8. The molecular formula is C21H24O5S. The lowest BCUT2D eigenvalue weighted by Gasteiger charge is -2.40. The van der Waals surface area contributed by atoms with Gasteiger partial charge in [-0.1, -0.05) is 42.0 Å². The average molecular weight is 388 g/mol. The maximum atomic E-state index is 10.4. The van der Waals surface area contributed by atoms with E-state index in [1.807, 2.05) is 18.2 Å². The Hall–Kier alpha value is -1.41. The quantitative estimate of drug-likeness (QED) is 0.641. The monoisotopic (exact) mass is 388 g/mol. The summed E-state index contributed by atoms with van der Waals surface area (Å²) in [6.07, 6.45) is -5.66. The first kappa shape index (κ1) is 18.9. The highest BCUT2D eigenvalue weighted by atomic mass is 32.2. The molecule has 0 radical (unpaired) electrons. The molecule has 144 valence electrons. The minimum Gasteiger partial charge on any atom is -0.394 e. The predicted octanol–water partition coefficient (Wildman–Crippen LogP) is 1.75. The Kier molecular flexibility index (Phi) is 5.29. The Morgan fingerprint density at radius 3 is 2.37 bits per heavy atom. The molecule has 0 aromatic heterocycles. The van der Waals surface area contributed by atoms with Crippen molar-refractivity contribution in [3.05, 3.63) is 64.7 Å². The van der Waals surface area contributed by atoms with Gasteiger partial charge in [0.25, 0.3) is 0 Å². The Morgan fingerprint density at radius 1 is 0.963 bits per heavy atom. The molecular weight excluding hydrogens is 364 g/mol. The first-order valence-electron chi connectivity index (χ1n) is 9.13. The van der Waals surface area contributed by atoms with Gasteiger partial charge >= 0.3 is 0 Å². The van der Waals surface area contributed by atoms with Gasteiger partial charge in [0, 0.05) is 16.6 Å². The first-order valence-corrected chi connectivity index (χ1v) is 10.1. The molecule has 1 saturated heterocycles. The fourth-order valence-electron chi connectivity index (χ4n) is 3.86. The van der Waals surface area contributed by atoms with Crippen LogP contribution in [0.4, 0.5) is 0 Å². The number of aryl methyl sites for hydroxylation is 1. The number of thioether (sulfide) groups is 1. The number of ether oxygens (including phenoxy) is 1. The van der Waals surface area contributed by atoms with Crippen LogP contribution in [0.2, 0.25) is 0 Å². The second-order valence-corrected chi connectivity index (χ2v) is 8.38. The van der Waals surface area contributed by atoms with Crippen LogP contribution in [-0.2, 0) is 4.74 Å². The highest BCUT2D eigenvalue weighted by Crippen LogP contribution is 2.45. The zero-order chi connectivity index (χ0) is 19.1. The smallest absolute Gasteiger partial charge is 0.113 e. The van der Waals surface area contributed by atoms with Crippen molar-refractivity contribution < 1.29 is 25.2 Å². The van der Waals surface area contributed by atoms with E-state index in [-0.39, 0.29) is 5.92 Å². The summed E-state index contributed by atoms with van der Waals surface area (Å²) in [6, 6.07) is 14.4. The summed E-state index contributed by atoms with van der Waals surface area (Å²) in [5, 5.41) is 39.9. The lowest BCUT2D eigenvalue weighted by Crippen LogP contribution is -2.55. The highest BCUT2D eigenvalue weighted by molar-refractivity contribution is 7.99. The molecule has 0 bridgehead atoms. The third-order valence-electron chi connectivity index (χ3n) is 5.52. The third kappa shape index (κ3) is 3.42. The van der Waals surface area contributed by atoms with E-state index in [1.54, 1.807) is 11.8 Å². The van der Waals surface area contributed by atoms with E-state index < -0.39 is 37.1 Å². The second-order valence-electron chi connectivity index (χ2n) is 7.32. The van der Waals surface area contributed by atoms with Crippen molar-refractivity contribution in [2.75, 3.05) is 12.4 Å². The maximum absolute atomic E-state index is 10.4. The van der Waals surface area contributed by atoms with E-state index >= 15 is 0 Å². The van der Waals surface area contributed by atoms with Crippen molar-refractivity contribution in [1.29, 1.82) is 0 Å². The molecule has 0 aliphatic carbocycles. The predicted molar refractivity (Wildman–Crippen MR) is 103 cm³/mol. The van der Waals surface area contributed by atoms with Gasteiger partial charge in [-0.25, -0.2) is 0 Å². The van der Waals surface area contributed by atoms with Crippen LogP contribution in [0.25, 0.3) is 0 Å². The third-order valence-corrected chi connectivity index (χ3v) is 6.70. The molecule has 6 unspecified atom stereocenters. The summed E-state index contributed by atoms with van der Waals surface area (Å²) in [4.78, 5) is 1.20. The van der Waals surface area contributed by atoms with E-state index in [1.165, 1.54) is 21.6 Å². The van der Waals surface area contributed by atoms with E-state index in [4.69, 9.17) is 4.74 Å². The molecule has 2 aromatic carbocycles. The number of rotatable bonds is 3. The van der Waals surface area contributed by atoms with Gasteiger partial charge in [0.1, 0.15) is 30.5 Å². The first-order chi connectivity index (χ1) is 13.0. The van der Waals surface area contributed by atoms with Crippen molar-refractivity contribution in [3.63, 3.8) is 0 Å². The summed E-state index contributed by atoms with van der Waals surface area (Å²) in [7, 11) is 0. The minimum atomic E-state index is -1.36. The van der Waals surface area contributed by atoms with Crippen molar-refractivity contribution in [2.45, 2.75) is 48.3 Å². The Morgan fingerprint density at radius 2 is 1.67 bits per heavy atom. The number of hydrogen-bond acceptors (Lipinski definition) is 6. The maximum Gasteiger partial charge on any atom is 0.113 e. The van der Waals surface area contributed by atoms with Crippen molar-refractivity contribution in [2.24, 2.45) is 0 Å². The van der Waals surface area contributed by atoms with Crippen LogP contribution >= 0.6 is 11.8 Å².